The molecular weight excluding hydrogens is 266 g/mol. The van der Waals surface area contributed by atoms with Gasteiger partial charge >= 0.3 is 0 Å². The summed E-state index contributed by atoms with van der Waals surface area (Å²) >= 11 is 0. The smallest absolute Gasteiger partial charge is 0.124 e. The first-order chi connectivity index (χ1) is 8.76. The summed E-state index contributed by atoms with van der Waals surface area (Å²) in [5.74, 6) is 1.44. The van der Waals surface area contributed by atoms with Gasteiger partial charge in [-0.05, 0) is 37.6 Å². The summed E-state index contributed by atoms with van der Waals surface area (Å²) in [6.45, 7) is 0.966. The molecule has 0 bridgehead atoms. The second kappa shape index (κ2) is 7.58. The predicted molar refractivity (Wildman–Crippen MR) is 70.1 cm³/mol. The van der Waals surface area contributed by atoms with Gasteiger partial charge in [-0.25, -0.2) is 0 Å². The van der Waals surface area contributed by atoms with Gasteiger partial charge in [-0.2, -0.15) is 0 Å². The minimum absolute atomic E-state index is 0. The summed E-state index contributed by atoms with van der Waals surface area (Å²) in [6, 6.07) is 5.61. The molecule has 0 radical (unpaired) electrons. The Balaban J connectivity index is 0.00000180. The minimum Gasteiger partial charge on any atom is -1.00 e. The molecule has 2 N–H and O–H groups in total. The van der Waals surface area contributed by atoms with Gasteiger partial charge in [0, 0.05) is 11.6 Å². The topological polar surface area (TPSA) is 50.7 Å². The lowest BCUT2D eigenvalue weighted by Gasteiger charge is -2.29. The maximum atomic E-state index is 10.5. The van der Waals surface area contributed by atoms with Crippen LogP contribution in [-0.2, 0) is 0 Å². The second-order valence-corrected chi connectivity index (χ2v) is 4.61. The summed E-state index contributed by atoms with van der Waals surface area (Å²) in [4.78, 5) is 0. The third kappa shape index (κ3) is 3.75. The number of nitrogens with one attached hydrogen (secondary N) is 1. The normalized spacial score (nSPS) is 20.3. The molecule has 2 rings (SSSR count). The van der Waals surface area contributed by atoms with Gasteiger partial charge in [0.1, 0.15) is 11.5 Å². The summed E-state index contributed by atoms with van der Waals surface area (Å²) in [5.41, 5.74) is 0.788. The lowest BCUT2D eigenvalue weighted by atomic mass is 9.94. The molecule has 0 aliphatic carbocycles. The number of methoxy groups -OCH3 is 2. The van der Waals surface area contributed by atoms with E-state index in [0.29, 0.717) is 5.75 Å². The molecule has 1 aliphatic heterocycles. The highest BCUT2D eigenvalue weighted by atomic mass is 35.5. The first-order valence-corrected chi connectivity index (χ1v) is 6.39. The van der Waals surface area contributed by atoms with Crippen molar-refractivity contribution in [3.8, 4) is 11.5 Å². The fourth-order valence-corrected chi connectivity index (χ4v) is 2.44. The number of piperidine rings is 1. The fourth-order valence-electron chi connectivity index (χ4n) is 2.44. The minimum atomic E-state index is -0.560. The van der Waals surface area contributed by atoms with Crippen molar-refractivity contribution >= 4 is 0 Å². The average molecular weight is 287 g/mol. The highest BCUT2D eigenvalue weighted by molar-refractivity contribution is 5.42. The molecular formula is C14H21ClNO3-. The van der Waals surface area contributed by atoms with Gasteiger partial charge in [0.05, 0.1) is 20.3 Å². The second-order valence-electron chi connectivity index (χ2n) is 4.61. The lowest BCUT2D eigenvalue weighted by molar-refractivity contribution is -0.00000610. The van der Waals surface area contributed by atoms with E-state index >= 15 is 0 Å². The van der Waals surface area contributed by atoms with E-state index < -0.39 is 6.10 Å². The van der Waals surface area contributed by atoms with Gasteiger partial charge in [-0.15, -0.1) is 0 Å². The zero-order valence-electron chi connectivity index (χ0n) is 11.4. The molecule has 1 fully saturated rings. The molecule has 1 aromatic rings. The first-order valence-electron chi connectivity index (χ1n) is 6.39. The summed E-state index contributed by atoms with van der Waals surface area (Å²) < 4.78 is 10.5. The summed E-state index contributed by atoms with van der Waals surface area (Å²) in [6.07, 6.45) is 2.76. The molecule has 1 aliphatic rings. The number of aliphatic hydroxyl groups excluding tert-OH is 1. The number of benzene rings is 1. The van der Waals surface area contributed by atoms with E-state index in [2.05, 4.69) is 5.32 Å². The monoisotopic (exact) mass is 286 g/mol. The molecule has 0 amide bonds. The van der Waals surface area contributed by atoms with Crippen LogP contribution in [0, 0.1) is 0 Å². The zero-order chi connectivity index (χ0) is 13.0. The van der Waals surface area contributed by atoms with Crippen molar-refractivity contribution < 1.29 is 27.0 Å². The van der Waals surface area contributed by atoms with Crippen LogP contribution in [0.5, 0.6) is 11.5 Å². The Bertz CT molecular complexity index is 394. The molecule has 2 atom stereocenters. The van der Waals surface area contributed by atoms with E-state index in [1.807, 2.05) is 18.2 Å². The van der Waals surface area contributed by atoms with E-state index in [-0.39, 0.29) is 18.4 Å². The van der Waals surface area contributed by atoms with Crippen LogP contribution in [0.25, 0.3) is 0 Å². The number of hydrogen-bond donors (Lipinski definition) is 2. The van der Waals surface area contributed by atoms with E-state index in [0.717, 1.165) is 30.7 Å². The van der Waals surface area contributed by atoms with E-state index in [1.165, 1.54) is 6.42 Å². The van der Waals surface area contributed by atoms with Gasteiger partial charge in [-0.3, -0.25) is 0 Å². The maximum absolute atomic E-state index is 10.5. The van der Waals surface area contributed by atoms with Crippen molar-refractivity contribution in [1.82, 2.24) is 5.32 Å². The number of ether oxygens (including phenoxy) is 2. The molecule has 19 heavy (non-hydrogen) atoms. The van der Waals surface area contributed by atoms with Crippen molar-refractivity contribution in [2.75, 3.05) is 20.8 Å². The van der Waals surface area contributed by atoms with Crippen LogP contribution in [0.2, 0.25) is 0 Å². The summed E-state index contributed by atoms with van der Waals surface area (Å²) in [7, 11) is 3.24. The highest BCUT2D eigenvalue weighted by Gasteiger charge is 2.25. The molecule has 0 spiro atoms. The molecule has 4 nitrogen and oxygen atoms in total. The third-order valence-electron chi connectivity index (χ3n) is 3.49. The number of aliphatic hydroxyl groups is 1. The third-order valence-corrected chi connectivity index (χ3v) is 3.49. The molecule has 5 heteroatoms. The summed E-state index contributed by atoms with van der Waals surface area (Å²) in [5, 5.41) is 13.8. The molecule has 1 aromatic carbocycles. The molecule has 0 saturated carbocycles. The molecule has 108 valence electrons. The van der Waals surface area contributed by atoms with Crippen molar-refractivity contribution in [2.45, 2.75) is 31.4 Å². The van der Waals surface area contributed by atoms with Crippen LogP contribution in [0.4, 0.5) is 0 Å². The number of hydrogen-bond acceptors (Lipinski definition) is 4. The van der Waals surface area contributed by atoms with Gasteiger partial charge in [0.15, 0.2) is 0 Å². The zero-order valence-corrected chi connectivity index (χ0v) is 12.1. The van der Waals surface area contributed by atoms with Crippen molar-refractivity contribution in [1.29, 1.82) is 0 Å². The first kappa shape index (κ1) is 16.1. The Kier molecular flexibility index (Phi) is 6.42. The van der Waals surface area contributed by atoms with Crippen molar-refractivity contribution in [3.63, 3.8) is 0 Å². The lowest BCUT2D eigenvalue weighted by Crippen LogP contribution is -3.00. The molecule has 2 unspecified atom stereocenters. The standard InChI is InChI=1S/C14H21NO3.ClH/c1-17-10-6-7-13(18-2)11(9-10)14(16)12-5-3-4-8-15-12;/h6-7,9,12,14-16H,3-5,8H2,1-2H3;1H/p-1. The Morgan fingerprint density at radius 3 is 2.63 bits per heavy atom. The Hall–Kier alpha value is -0.970. The average Bonchev–Trinajstić information content (AvgIpc) is 2.46. The SMILES string of the molecule is COc1ccc(OC)c(C(O)C2CCCCN2)c1.[Cl-]. The van der Waals surface area contributed by atoms with E-state index in [1.54, 1.807) is 14.2 Å². The van der Waals surface area contributed by atoms with Crippen LogP contribution in [-0.4, -0.2) is 31.9 Å². The van der Waals surface area contributed by atoms with Gasteiger partial charge < -0.3 is 32.3 Å². The predicted octanol–water partition coefficient (Wildman–Crippen LogP) is -1.12. The number of halogens is 1. The van der Waals surface area contributed by atoms with Gasteiger partial charge in [0.2, 0.25) is 0 Å². The molecule has 0 aromatic heterocycles. The van der Waals surface area contributed by atoms with Crippen LogP contribution >= 0.6 is 0 Å². The van der Waals surface area contributed by atoms with Gasteiger partial charge in [-0.1, -0.05) is 6.42 Å². The Labute approximate surface area is 120 Å². The fraction of sp³-hybridized carbons (Fsp3) is 0.571. The van der Waals surface area contributed by atoms with Crippen molar-refractivity contribution in [3.05, 3.63) is 23.8 Å². The molecule has 1 heterocycles. The highest BCUT2D eigenvalue weighted by Crippen LogP contribution is 2.32. The van der Waals surface area contributed by atoms with E-state index in [4.69, 9.17) is 9.47 Å². The number of rotatable bonds is 4. The largest absolute Gasteiger partial charge is 1.00 e. The van der Waals surface area contributed by atoms with Crippen LogP contribution in [0.15, 0.2) is 18.2 Å². The molecule has 1 saturated heterocycles. The van der Waals surface area contributed by atoms with Crippen LogP contribution < -0.4 is 27.2 Å². The van der Waals surface area contributed by atoms with Crippen molar-refractivity contribution in [2.24, 2.45) is 0 Å². The Morgan fingerprint density at radius 1 is 1.26 bits per heavy atom. The quantitative estimate of drug-likeness (QED) is 0.737. The van der Waals surface area contributed by atoms with E-state index in [9.17, 15) is 5.11 Å². The van der Waals surface area contributed by atoms with Crippen LogP contribution in [0.3, 0.4) is 0 Å². The van der Waals surface area contributed by atoms with Crippen LogP contribution in [0.1, 0.15) is 30.9 Å². The maximum Gasteiger partial charge on any atom is 0.124 e. The van der Waals surface area contributed by atoms with Gasteiger partial charge in [0.25, 0.3) is 0 Å². The Morgan fingerprint density at radius 2 is 2.05 bits per heavy atom.